The molecule has 3 aliphatic rings. The van der Waals surface area contributed by atoms with Gasteiger partial charge in [0, 0.05) is 23.8 Å². The van der Waals surface area contributed by atoms with E-state index in [2.05, 4.69) is 27.0 Å². The average Bonchev–Trinajstić information content (AvgIpc) is 3.32. The van der Waals surface area contributed by atoms with E-state index in [-0.39, 0.29) is 0 Å². The molecular formula is C15H24N4S. The Labute approximate surface area is 125 Å². The molecule has 0 spiro atoms. The molecule has 1 N–H and O–H groups in total. The molecule has 0 aliphatic heterocycles. The Hall–Kier alpha value is -0.550. The summed E-state index contributed by atoms with van der Waals surface area (Å²) in [6.45, 7) is 3.28. The molecule has 3 aliphatic carbocycles. The summed E-state index contributed by atoms with van der Waals surface area (Å²) < 4.78 is 2.47. The Morgan fingerprint density at radius 3 is 2.60 bits per heavy atom. The highest BCUT2D eigenvalue weighted by Gasteiger charge is 2.37. The minimum atomic E-state index is 0.665. The maximum Gasteiger partial charge on any atom is 0.191 e. The van der Waals surface area contributed by atoms with Crippen molar-refractivity contribution in [3.63, 3.8) is 0 Å². The molecule has 20 heavy (non-hydrogen) atoms. The predicted molar refractivity (Wildman–Crippen MR) is 81.2 cm³/mol. The maximum atomic E-state index is 4.50. The van der Waals surface area contributed by atoms with Crippen LogP contribution in [-0.2, 0) is 0 Å². The quantitative estimate of drug-likeness (QED) is 0.748. The molecule has 0 saturated heterocycles. The van der Waals surface area contributed by atoms with Gasteiger partial charge in [0.25, 0.3) is 0 Å². The lowest BCUT2D eigenvalue weighted by atomic mass is 10.2. The molecule has 3 fully saturated rings. The van der Waals surface area contributed by atoms with E-state index in [1.54, 1.807) is 0 Å². The Morgan fingerprint density at radius 2 is 2.00 bits per heavy atom. The van der Waals surface area contributed by atoms with E-state index in [1.807, 2.05) is 11.8 Å². The van der Waals surface area contributed by atoms with Crippen LogP contribution >= 0.6 is 11.8 Å². The smallest absolute Gasteiger partial charge is 0.191 e. The van der Waals surface area contributed by atoms with Gasteiger partial charge < -0.3 is 9.88 Å². The Bertz CT molecular complexity index is 474. The van der Waals surface area contributed by atoms with E-state index in [9.17, 15) is 0 Å². The highest BCUT2D eigenvalue weighted by atomic mass is 32.2. The van der Waals surface area contributed by atoms with Gasteiger partial charge in [-0.2, -0.15) is 0 Å². The van der Waals surface area contributed by atoms with Crippen molar-refractivity contribution in [1.82, 2.24) is 20.1 Å². The molecular weight excluding hydrogens is 268 g/mol. The first-order valence-electron chi connectivity index (χ1n) is 8.17. The van der Waals surface area contributed by atoms with E-state index < -0.39 is 0 Å². The van der Waals surface area contributed by atoms with Crippen LogP contribution in [0.1, 0.15) is 63.2 Å². The first-order valence-corrected chi connectivity index (χ1v) is 9.16. The van der Waals surface area contributed by atoms with Crippen molar-refractivity contribution in [3.8, 4) is 0 Å². The lowest BCUT2D eigenvalue weighted by Crippen LogP contribution is -2.33. The summed E-state index contributed by atoms with van der Waals surface area (Å²) in [6.07, 6.45) is 8.09. The minimum Gasteiger partial charge on any atom is -0.313 e. The van der Waals surface area contributed by atoms with Crippen LogP contribution in [-0.4, -0.2) is 33.1 Å². The maximum absolute atomic E-state index is 4.50. The van der Waals surface area contributed by atoms with Gasteiger partial charge in [-0.05, 0) is 51.0 Å². The number of aromatic nitrogens is 3. The summed E-state index contributed by atoms with van der Waals surface area (Å²) in [7, 11) is 0. The summed E-state index contributed by atoms with van der Waals surface area (Å²) in [4.78, 5) is 0. The first-order chi connectivity index (χ1) is 9.86. The Morgan fingerprint density at radius 1 is 1.20 bits per heavy atom. The predicted octanol–water partition coefficient (Wildman–Crippen LogP) is 2.97. The molecule has 1 aromatic rings. The van der Waals surface area contributed by atoms with Crippen molar-refractivity contribution in [3.05, 3.63) is 5.82 Å². The molecule has 1 atom stereocenters. The zero-order valence-corrected chi connectivity index (χ0v) is 13.0. The van der Waals surface area contributed by atoms with Crippen LogP contribution in [0.15, 0.2) is 5.16 Å². The fraction of sp³-hybridized carbons (Fsp3) is 0.867. The van der Waals surface area contributed by atoms with Crippen LogP contribution in [0.2, 0.25) is 0 Å². The van der Waals surface area contributed by atoms with Gasteiger partial charge in [0.2, 0.25) is 0 Å². The number of rotatable bonds is 8. The van der Waals surface area contributed by atoms with E-state index in [4.69, 9.17) is 0 Å². The molecule has 1 unspecified atom stereocenters. The van der Waals surface area contributed by atoms with Crippen LogP contribution in [0.5, 0.6) is 0 Å². The van der Waals surface area contributed by atoms with E-state index >= 15 is 0 Å². The van der Waals surface area contributed by atoms with Crippen molar-refractivity contribution in [2.24, 2.45) is 5.92 Å². The fourth-order valence-corrected chi connectivity index (χ4v) is 4.17. The fourth-order valence-electron chi connectivity index (χ4n) is 2.97. The number of hydrogen-bond donors (Lipinski definition) is 1. The monoisotopic (exact) mass is 292 g/mol. The second kappa shape index (κ2) is 5.34. The zero-order valence-electron chi connectivity index (χ0n) is 12.2. The summed E-state index contributed by atoms with van der Waals surface area (Å²) in [5.41, 5.74) is 0. The summed E-state index contributed by atoms with van der Waals surface area (Å²) in [6, 6.07) is 1.38. The zero-order chi connectivity index (χ0) is 13.5. The molecule has 110 valence electrons. The van der Waals surface area contributed by atoms with Crippen molar-refractivity contribution < 1.29 is 0 Å². The third-order valence-corrected chi connectivity index (χ3v) is 5.66. The summed E-state index contributed by atoms with van der Waals surface area (Å²) in [5.74, 6) is 4.04. The van der Waals surface area contributed by atoms with E-state index in [1.165, 1.54) is 49.5 Å². The van der Waals surface area contributed by atoms with Crippen LogP contribution in [0.25, 0.3) is 0 Å². The number of thioether (sulfide) groups is 1. The highest BCUT2D eigenvalue weighted by molar-refractivity contribution is 7.99. The van der Waals surface area contributed by atoms with Crippen molar-refractivity contribution >= 4 is 11.8 Å². The molecule has 4 rings (SSSR count). The van der Waals surface area contributed by atoms with Crippen LogP contribution in [0.3, 0.4) is 0 Å². The van der Waals surface area contributed by atoms with Crippen molar-refractivity contribution in [2.75, 3.05) is 12.3 Å². The van der Waals surface area contributed by atoms with Gasteiger partial charge in [0.05, 0.1) is 0 Å². The van der Waals surface area contributed by atoms with Crippen LogP contribution in [0, 0.1) is 5.92 Å². The first kappa shape index (κ1) is 13.1. The molecule has 5 heteroatoms. The second-order valence-electron chi connectivity index (χ2n) is 6.53. The van der Waals surface area contributed by atoms with E-state index in [0.29, 0.717) is 18.0 Å². The largest absolute Gasteiger partial charge is 0.313 e. The molecule has 0 aromatic carbocycles. The standard InChI is InChI=1S/C15H24N4S/c1-2-16-13(10-3-4-10)9-20-15-18-17-14(11-5-6-11)19(15)12-7-8-12/h10-13,16H,2-9H2,1H3. The van der Waals surface area contributed by atoms with Gasteiger partial charge in [0.1, 0.15) is 5.82 Å². The summed E-state index contributed by atoms with van der Waals surface area (Å²) in [5, 5.41) is 13.8. The molecule has 4 nitrogen and oxygen atoms in total. The highest BCUT2D eigenvalue weighted by Crippen LogP contribution is 2.46. The molecule has 3 saturated carbocycles. The molecule has 0 bridgehead atoms. The lowest BCUT2D eigenvalue weighted by molar-refractivity contribution is 0.518. The van der Waals surface area contributed by atoms with Gasteiger partial charge in [-0.25, -0.2) is 0 Å². The van der Waals surface area contributed by atoms with Gasteiger partial charge >= 0.3 is 0 Å². The third-order valence-electron chi connectivity index (χ3n) is 4.59. The van der Waals surface area contributed by atoms with Gasteiger partial charge in [0.15, 0.2) is 5.16 Å². The molecule has 1 heterocycles. The third kappa shape index (κ3) is 2.75. The normalized spacial score (nSPS) is 24.1. The topological polar surface area (TPSA) is 42.7 Å². The van der Waals surface area contributed by atoms with E-state index in [0.717, 1.165) is 18.2 Å². The second-order valence-corrected chi connectivity index (χ2v) is 7.52. The average molecular weight is 292 g/mol. The van der Waals surface area contributed by atoms with Crippen molar-refractivity contribution in [1.29, 1.82) is 0 Å². The minimum absolute atomic E-state index is 0.665. The number of nitrogens with one attached hydrogen (secondary N) is 1. The van der Waals surface area contributed by atoms with Gasteiger partial charge in [-0.15, -0.1) is 10.2 Å². The lowest BCUT2D eigenvalue weighted by Gasteiger charge is -2.16. The molecule has 0 radical (unpaired) electrons. The van der Waals surface area contributed by atoms with Crippen LogP contribution in [0.4, 0.5) is 0 Å². The Kier molecular flexibility index (Phi) is 3.50. The SMILES string of the molecule is CCNC(CSc1nnc(C2CC2)n1C1CC1)C1CC1. The summed E-state index contributed by atoms with van der Waals surface area (Å²) >= 11 is 1.92. The number of nitrogens with zero attached hydrogens (tertiary/aromatic N) is 3. The van der Waals surface area contributed by atoms with Gasteiger partial charge in [-0.1, -0.05) is 18.7 Å². The molecule has 0 amide bonds. The van der Waals surface area contributed by atoms with Crippen LogP contribution < -0.4 is 5.32 Å². The number of hydrogen-bond acceptors (Lipinski definition) is 4. The van der Waals surface area contributed by atoms with Crippen molar-refractivity contribution in [2.45, 2.75) is 68.6 Å². The molecule has 1 aromatic heterocycles. The van der Waals surface area contributed by atoms with Gasteiger partial charge in [-0.3, -0.25) is 0 Å². The Balaban J connectivity index is 1.45.